The number of rotatable bonds is 8. The van der Waals surface area contributed by atoms with E-state index >= 15 is 0 Å². The Bertz CT molecular complexity index is 941. The van der Waals surface area contributed by atoms with Crippen LogP contribution >= 0.6 is 11.6 Å². The fourth-order valence-electron chi connectivity index (χ4n) is 4.24. The predicted octanol–water partition coefficient (Wildman–Crippen LogP) is 2.69. The highest BCUT2D eigenvalue weighted by atomic mass is 35.5. The molecule has 3 aliphatic carbocycles. The average molecular weight is 421 g/mol. The molecule has 0 aliphatic heterocycles. The summed E-state index contributed by atoms with van der Waals surface area (Å²) in [6.07, 6.45) is 4.80. The maximum Gasteiger partial charge on any atom is 0.272 e. The molecule has 7 nitrogen and oxygen atoms in total. The molecule has 29 heavy (non-hydrogen) atoms. The topological polar surface area (TPSA) is 85.2 Å². The van der Waals surface area contributed by atoms with E-state index in [-0.39, 0.29) is 40.3 Å². The molecule has 0 atom stereocenters. The third-order valence-corrected chi connectivity index (χ3v) is 5.71. The van der Waals surface area contributed by atoms with Crippen LogP contribution in [0.1, 0.15) is 43.1 Å². The van der Waals surface area contributed by atoms with Gasteiger partial charge in [-0.1, -0.05) is 18.5 Å². The fourth-order valence-corrected chi connectivity index (χ4v) is 4.36. The molecule has 2 amide bonds. The lowest BCUT2D eigenvalue weighted by molar-refractivity contribution is -0.141. The number of nitrogens with zero attached hydrogens (tertiary/aromatic N) is 2. The minimum absolute atomic E-state index is 0.000132. The number of aromatic nitrogens is 2. The Kier molecular flexibility index (Phi) is 4.98. The lowest BCUT2D eigenvalue weighted by atomic mass is 9.44. The summed E-state index contributed by atoms with van der Waals surface area (Å²) in [6.45, 7) is 2.62. The second-order valence-electron chi connectivity index (χ2n) is 7.92. The van der Waals surface area contributed by atoms with Crippen LogP contribution in [0.5, 0.6) is 5.75 Å². The van der Waals surface area contributed by atoms with Crippen LogP contribution in [0.3, 0.4) is 0 Å². The van der Waals surface area contributed by atoms with Crippen LogP contribution in [0.25, 0.3) is 0 Å². The third kappa shape index (κ3) is 3.94. The zero-order valence-electron chi connectivity index (χ0n) is 16.0. The largest absolute Gasteiger partial charge is 0.484 e. The second kappa shape index (κ2) is 7.33. The van der Waals surface area contributed by atoms with Gasteiger partial charge < -0.3 is 15.4 Å². The lowest BCUT2D eigenvalue weighted by Crippen LogP contribution is -2.84. The summed E-state index contributed by atoms with van der Waals surface area (Å²) in [5, 5.41) is 10.3. The molecule has 2 aromatic rings. The van der Waals surface area contributed by atoms with E-state index in [2.05, 4.69) is 22.7 Å². The van der Waals surface area contributed by atoms with Gasteiger partial charge >= 0.3 is 0 Å². The van der Waals surface area contributed by atoms with E-state index in [9.17, 15) is 14.0 Å². The molecule has 0 radical (unpaired) electrons. The van der Waals surface area contributed by atoms with Crippen LogP contribution in [0.2, 0.25) is 5.02 Å². The fraction of sp³-hybridized carbons (Fsp3) is 0.450. The molecule has 3 aliphatic rings. The van der Waals surface area contributed by atoms with E-state index in [1.807, 2.05) is 0 Å². The Morgan fingerprint density at radius 1 is 1.24 bits per heavy atom. The summed E-state index contributed by atoms with van der Waals surface area (Å²) in [6, 6.07) is 5.74. The molecule has 1 heterocycles. The Morgan fingerprint density at radius 3 is 2.66 bits per heavy atom. The van der Waals surface area contributed by atoms with Gasteiger partial charge in [0.2, 0.25) is 0 Å². The van der Waals surface area contributed by atoms with Crippen molar-refractivity contribution in [3.05, 3.63) is 47.0 Å². The van der Waals surface area contributed by atoms with E-state index in [0.29, 0.717) is 25.0 Å². The number of amides is 2. The van der Waals surface area contributed by atoms with Crippen molar-refractivity contribution in [1.82, 2.24) is 20.4 Å². The zero-order chi connectivity index (χ0) is 20.6. The van der Waals surface area contributed by atoms with Gasteiger partial charge in [0.15, 0.2) is 6.61 Å². The van der Waals surface area contributed by atoms with Crippen molar-refractivity contribution in [2.75, 3.05) is 6.61 Å². The number of halogens is 2. The van der Waals surface area contributed by atoms with Crippen molar-refractivity contribution < 1.29 is 18.7 Å². The number of nitrogens with one attached hydrogen (secondary N) is 2. The van der Waals surface area contributed by atoms with Gasteiger partial charge in [-0.05, 0) is 43.9 Å². The van der Waals surface area contributed by atoms with Gasteiger partial charge in [0, 0.05) is 29.9 Å². The first kappa shape index (κ1) is 19.7. The van der Waals surface area contributed by atoms with E-state index < -0.39 is 5.82 Å². The Labute approximate surface area is 172 Å². The van der Waals surface area contributed by atoms with E-state index in [1.165, 1.54) is 12.1 Å². The van der Waals surface area contributed by atoms with Gasteiger partial charge in [0.05, 0.1) is 5.02 Å². The minimum atomic E-state index is -0.596. The van der Waals surface area contributed by atoms with Crippen molar-refractivity contribution in [2.45, 2.75) is 50.2 Å². The lowest BCUT2D eigenvalue weighted by Gasteiger charge is -2.70. The molecular weight excluding hydrogens is 399 g/mol. The molecule has 2 bridgehead atoms. The number of ether oxygens (including phenoxy) is 1. The van der Waals surface area contributed by atoms with Crippen LogP contribution in [-0.4, -0.2) is 39.3 Å². The molecule has 5 rings (SSSR count). The quantitative estimate of drug-likeness (QED) is 0.687. The van der Waals surface area contributed by atoms with E-state index in [0.717, 1.165) is 19.0 Å². The van der Waals surface area contributed by atoms with Crippen LogP contribution in [0.4, 0.5) is 4.39 Å². The molecule has 2 N–H and O–H groups in total. The number of hydrogen-bond donors (Lipinski definition) is 2. The number of benzene rings is 1. The molecule has 3 saturated carbocycles. The standard InChI is InChI=1S/C20H22ClFN4O3/c1-2-6-26-7-5-16(25-26)18(28)24-20-10-19(11-20,12-20)23-17(27)9-29-13-3-4-14(21)15(22)8-13/h3-5,7-8H,2,6,9-12H2,1H3,(H,23,27)(H,24,28). The van der Waals surface area contributed by atoms with Gasteiger partial charge in [-0.25, -0.2) is 4.39 Å². The summed E-state index contributed by atoms with van der Waals surface area (Å²) in [5.41, 5.74) is -0.149. The first-order valence-electron chi connectivity index (χ1n) is 9.57. The van der Waals surface area contributed by atoms with E-state index in [1.54, 1.807) is 16.9 Å². The zero-order valence-corrected chi connectivity index (χ0v) is 16.8. The van der Waals surface area contributed by atoms with Crippen LogP contribution in [0, 0.1) is 5.82 Å². The summed E-state index contributed by atoms with van der Waals surface area (Å²) in [7, 11) is 0. The highest BCUT2D eigenvalue weighted by Crippen LogP contribution is 2.60. The molecule has 1 aromatic carbocycles. The summed E-state index contributed by atoms with van der Waals surface area (Å²) in [5.74, 6) is -0.821. The number of carbonyl (C=O) groups is 2. The van der Waals surface area contributed by atoms with Gasteiger partial charge in [-0.15, -0.1) is 0 Å². The highest BCUT2D eigenvalue weighted by molar-refractivity contribution is 6.30. The molecule has 1 aromatic heterocycles. The van der Waals surface area contributed by atoms with Gasteiger partial charge in [0.25, 0.3) is 11.8 Å². The van der Waals surface area contributed by atoms with Crippen LogP contribution < -0.4 is 15.4 Å². The molecule has 0 unspecified atom stereocenters. The first-order valence-corrected chi connectivity index (χ1v) is 9.95. The van der Waals surface area contributed by atoms with E-state index in [4.69, 9.17) is 16.3 Å². The highest BCUT2D eigenvalue weighted by Gasteiger charge is 2.69. The number of aryl methyl sites for hydroxylation is 1. The van der Waals surface area contributed by atoms with Crippen molar-refractivity contribution in [3.8, 4) is 5.75 Å². The Balaban J connectivity index is 1.22. The Morgan fingerprint density at radius 2 is 1.97 bits per heavy atom. The summed E-state index contributed by atoms with van der Waals surface area (Å²) >= 11 is 5.62. The molecule has 0 saturated heterocycles. The SMILES string of the molecule is CCCn1ccc(C(=O)NC23CC(NC(=O)COc4ccc(Cl)c(F)c4)(C2)C3)n1. The van der Waals surface area contributed by atoms with Crippen LogP contribution in [0.15, 0.2) is 30.5 Å². The van der Waals surface area contributed by atoms with Crippen molar-refractivity contribution in [2.24, 2.45) is 0 Å². The van der Waals surface area contributed by atoms with Gasteiger partial charge in [-0.2, -0.15) is 5.10 Å². The second-order valence-corrected chi connectivity index (χ2v) is 8.33. The normalized spacial score (nSPS) is 24.2. The molecular formula is C20H22ClFN4O3. The van der Waals surface area contributed by atoms with Crippen LogP contribution in [-0.2, 0) is 11.3 Å². The Hall–Kier alpha value is -2.61. The number of carbonyl (C=O) groups excluding carboxylic acids is 2. The first-order chi connectivity index (χ1) is 13.8. The number of hydrogen-bond acceptors (Lipinski definition) is 4. The summed E-state index contributed by atoms with van der Waals surface area (Å²) in [4.78, 5) is 24.6. The third-order valence-electron chi connectivity index (χ3n) is 5.40. The minimum Gasteiger partial charge on any atom is -0.484 e. The van der Waals surface area contributed by atoms with Crippen molar-refractivity contribution >= 4 is 23.4 Å². The monoisotopic (exact) mass is 420 g/mol. The van der Waals surface area contributed by atoms with Crippen molar-refractivity contribution in [3.63, 3.8) is 0 Å². The molecule has 3 fully saturated rings. The van der Waals surface area contributed by atoms with Gasteiger partial charge in [-0.3, -0.25) is 14.3 Å². The maximum absolute atomic E-state index is 13.4. The molecule has 9 heteroatoms. The maximum atomic E-state index is 13.4. The molecule has 0 spiro atoms. The molecule has 154 valence electrons. The van der Waals surface area contributed by atoms with Gasteiger partial charge in [0.1, 0.15) is 17.3 Å². The smallest absolute Gasteiger partial charge is 0.272 e. The average Bonchev–Trinajstić information content (AvgIpc) is 3.09. The van der Waals surface area contributed by atoms with Crippen molar-refractivity contribution in [1.29, 1.82) is 0 Å². The summed E-state index contributed by atoms with van der Waals surface area (Å²) < 4.78 is 20.5. The predicted molar refractivity (Wildman–Crippen MR) is 104 cm³/mol.